The van der Waals surface area contributed by atoms with Crippen molar-refractivity contribution in [1.82, 2.24) is 0 Å². The second-order valence-electron chi connectivity index (χ2n) is 4.98. The number of nitriles is 1. The third kappa shape index (κ3) is 4.60. The van der Waals surface area contributed by atoms with Gasteiger partial charge in [-0.05, 0) is 18.6 Å². The van der Waals surface area contributed by atoms with Crippen LogP contribution in [-0.4, -0.2) is 23.5 Å². The number of carbonyl (C=O) groups excluding carboxylic acids is 1. The highest BCUT2D eigenvalue weighted by Gasteiger charge is 2.23. The summed E-state index contributed by atoms with van der Waals surface area (Å²) in [6, 6.07) is 8.81. The van der Waals surface area contributed by atoms with Crippen LogP contribution < -0.4 is 4.90 Å². The second kappa shape index (κ2) is 8.05. The first-order valence-electron chi connectivity index (χ1n) is 7.03. The van der Waals surface area contributed by atoms with Gasteiger partial charge in [-0.25, -0.2) is 0 Å². The van der Waals surface area contributed by atoms with E-state index in [1.807, 2.05) is 13.0 Å². The van der Waals surface area contributed by atoms with Crippen LogP contribution in [0.2, 0.25) is 0 Å². The lowest BCUT2D eigenvalue weighted by Crippen LogP contribution is -2.37. The summed E-state index contributed by atoms with van der Waals surface area (Å²) in [7, 11) is 0. The summed E-state index contributed by atoms with van der Waals surface area (Å²) in [5, 5.41) is 18.2. The standard InChI is InChI=1S/C16H20N2O3/c1-3-4-9-15(19)18(11-12(2)16(20)21)14-8-6-5-7-13(14)10-17/h5-8,12H,3-4,9,11H2,1-2H3,(H,20,21). The lowest BCUT2D eigenvalue weighted by molar-refractivity contribution is -0.140. The number of carbonyl (C=O) groups is 2. The van der Waals surface area contributed by atoms with Gasteiger partial charge in [0.25, 0.3) is 0 Å². The molecular weight excluding hydrogens is 268 g/mol. The van der Waals surface area contributed by atoms with Crippen molar-refractivity contribution in [3.63, 3.8) is 0 Å². The van der Waals surface area contributed by atoms with E-state index in [9.17, 15) is 9.59 Å². The zero-order valence-electron chi connectivity index (χ0n) is 12.4. The van der Waals surface area contributed by atoms with Gasteiger partial charge in [-0.2, -0.15) is 5.26 Å². The fourth-order valence-corrected chi connectivity index (χ4v) is 1.95. The number of nitrogens with zero attached hydrogens (tertiary/aromatic N) is 2. The van der Waals surface area contributed by atoms with Gasteiger partial charge in [-0.3, -0.25) is 9.59 Å². The number of rotatable bonds is 7. The molecule has 5 nitrogen and oxygen atoms in total. The van der Waals surface area contributed by atoms with E-state index < -0.39 is 11.9 Å². The summed E-state index contributed by atoms with van der Waals surface area (Å²) in [5.41, 5.74) is 0.856. The van der Waals surface area contributed by atoms with Crippen molar-refractivity contribution in [2.24, 2.45) is 5.92 Å². The van der Waals surface area contributed by atoms with Gasteiger partial charge in [0.05, 0.1) is 17.2 Å². The first-order valence-corrected chi connectivity index (χ1v) is 7.03. The van der Waals surface area contributed by atoms with Gasteiger partial charge < -0.3 is 10.0 Å². The average Bonchev–Trinajstić information content (AvgIpc) is 2.49. The Hall–Kier alpha value is -2.35. The number of carboxylic acid groups (broad SMARTS) is 1. The maximum absolute atomic E-state index is 12.4. The number of carboxylic acids is 1. The monoisotopic (exact) mass is 288 g/mol. The molecule has 0 fully saturated rings. The highest BCUT2D eigenvalue weighted by molar-refractivity contribution is 5.95. The van der Waals surface area contributed by atoms with Crippen LogP contribution in [0, 0.1) is 17.2 Å². The van der Waals surface area contributed by atoms with E-state index in [-0.39, 0.29) is 12.5 Å². The smallest absolute Gasteiger partial charge is 0.308 e. The molecule has 0 aliphatic rings. The lowest BCUT2D eigenvalue weighted by Gasteiger charge is -2.25. The first-order chi connectivity index (χ1) is 10.0. The molecule has 0 saturated heterocycles. The molecule has 112 valence electrons. The number of amides is 1. The Morgan fingerprint density at radius 2 is 2.05 bits per heavy atom. The van der Waals surface area contributed by atoms with Gasteiger partial charge in [-0.1, -0.05) is 32.4 Å². The molecular formula is C16H20N2O3. The van der Waals surface area contributed by atoms with E-state index in [0.717, 1.165) is 12.8 Å². The molecule has 5 heteroatoms. The van der Waals surface area contributed by atoms with Crippen LogP contribution in [-0.2, 0) is 9.59 Å². The molecule has 0 saturated carbocycles. The summed E-state index contributed by atoms with van der Waals surface area (Å²) >= 11 is 0. The van der Waals surface area contributed by atoms with Crippen molar-refractivity contribution in [3.8, 4) is 6.07 Å². The minimum absolute atomic E-state index is 0.0660. The van der Waals surface area contributed by atoms with Crippen LogP contribution in [0.25, 0.3) is 0 Å². The number of hydrogen-bond acceptors (Lipinski definition) is 3. The molecule has 0 radical (unpaired) electrons. The van der Waals surface area contributed by atoms with Crippen LogP contribution in [0.4, 0.5) is 5.69 Å². The van der Waals surface area contributed by atoms with E-state index in [4.69, 9.17) is 10.4 Å². The Morgan fingerprint density at radius 3 is 2.62 bits per heavy atom. The van der Waals surface area contributed by atoms with E-state index in [1.54, 1.807) is 31.2 Å². The summed E-state index contributed by atoms with van der Waals surface area (Å²) in [6.07, 6.45) is 1.97. The van der Waals surface area contributed by atoms with Gasteiger partial charge in [0.2, 0.25) is 5.91 Å². The molecule has 1 unspecified atom stereocenters. The topological polar surface area (TPSA) is 81.4 Å². The molecule has 1 aromatic carbocycles. The summed E-state index contributed by atoms with van der Waals surface area (Å²) in [4.78, 5) is 24.8. The molecule has 1 amide bonds. The third-order valence-electron chi connectivity index (χ3n) is 3.24. The minimum atomic E-state index is -0.960. The third-order valence-corrected chi connectivity index (χ3v) is 3.24. The highest BCUT2D eigenvalue weighted by atomic mass is 16.4. The number of anilines is 1. The Labute approximate surface area is 124 Å². The molecule has 1 N–H and O–H groups in total. The lowest BCUT2D eigenvalue weighted by atomic mass is 10.1. The maximum atomic E-state index is 12.4. The molecule has 0 aliphatic heterocycles. The fraction of sp³-hybridized carbons (Fsp3) is 0.438. The molecule has 21 heavy (non-hydrogen) atoms. The van der Waals surface area contributed by atoms with Crippen LogP contribution in [0.15, 0.2) is 24.3 Å². The number of benzene rings is 1. The van der Waals surface area contributed by atoms with Crippen molar-refractivity contribution >= 4 is 17.6 Å². The zero-order valence-corrected chi connectivity index (χ0v) is 12.4. The van der Waals surface area contributed by atoms with E-state index in [1.165, 1.54) is 4.90 Å². The van der Waals surface area contributed by atoms with Crippen molar-refractivity contribution in [3.05, 3.63) is 29.8 Å². The van der Waals surface area contributed by atoms with Crippen LogP contribution in [0.5, 0.6) is 0 Å². The molecule has 0 bridgehead atoms. The Bertz CT molecular complexity index is 549. The van der Waals surface area contributed by atoms with Crippen molar-refractivity contribution < 1.29 is 14.7 Å². The number of unbranched alkanes of at least 4 members (excludes halogenated alkanes) is 1. The second-order valence-corrected chi connectivity index (χ2v) is 4.98. The Morgan fingerprint density at radius 1 is 1.38 bits per heavy atom. The van der Waals surface area contributed by atoms with Gasteiger partial charge in [-0.15, -0.1) is 0 Å². The van der Waals surface area contributed by atoms with Crippen molar-refractivity contribution in [2.75, 3.05) is 11.4 Å². The van der Waals surface area contributed by atoms with E-state index >= 15 is 0 Å². The van der Waals surface area contributed by atoms with Gasteiger partial charge in [0, 0.05) is 13.0 Å². The first kappa shape index (κ1) is 16.7. The van der Waals surface area contributed by atoms with Crippen molar-refractivity contribution in [2.45, 2.75) is 33.1 Å². The molecule has 1 rings (SSSR count). The van der Waals surface area contributed by atoms with Gasteiger partial charge in [0.1, 0.15) is 6.07 Å². The molecule has 0 aromatic heterocycles. The van der Waals surface area contributed by atoms with Crippen LogP contribution >= 0.6 is 0 Å². The van der Waals surface area contributed by atoms with Gasteiger partial charge in [0.15, 0.2) is 0 Å². The summed E-state index contributed by atoms with van der Waals surface area (Å²) in [5.74, 6) is -1.80. The number of para-hydroxylation sites is 1. The summed E-state index contributed by atoms with van der Waals surface area (Å²) < 4.78 is 0. The van der Waals surface area contributed by atoms with E-state index in [2.05, 4.69) is 0 Å². The molecule has 0 heterocycles. The van der Waals surface area contributed by atoms with Crippen LogP contribution in [0.3, 0.4) is 0 Å². The normalized spacial score (nSPS) is 11.5. The predicted octanol–water partition coefficient (Wildman–Crippen LogP) is 2.80. The Kier molecular flexibility index (Phi) is 6.41. The molecule has 0 aliphatic carbocycles. The van der Waals surface area contributed by atoms with Crippen LogP contribution in [0.1, 0.15) is 38.7 Å². The van der Waals surface area contributed by atoms with Gasteiger partial charge >= 0.3 is 5.97 Å². The molecule has 0 spiro atoms. The number of hydrogen-bond donors (Lipinski definition) is 1. The SMILES string of the molecule is CCCCC(=O)N(CC(C)C(=O)O)c1ccccc1C#N. The maximum Gasteiger partial charge on any atom is 0.308 e. The molecule has 1 aromatic rings. The summed E-state index contributed by atoms with van der Waals surface area (Å²) in [6.45, 7) is 3.61. The van der Waals surface area contributed by atoms with Crippen molar-refractivity contribution in [1.29, 1.82) is 5.26 Å². The Balaban J connectivity index is 3.09. The van der Waals surface area contributed by atoms with E-state index in [0.29, 0.717) is 17.7 Å². The predicted molar refractivity (Wildman–Crippen MR) is 79.8 cm³/mol. The quantitative estimate of drug-likeness (QED) is 0.836. The molecule has 1 atom stereocenters. The minimum Gasteiger partial charge on any atom is -0.481 e. The average molecular weight is 288 g/mol. The highest BCUT2D eigenvalue weighted by Crippen LogP contribution is 2.22. The number of aliphatic carboxylic acids is 1. The largest absolute Gasteiger partial charge is 0.481 e. The fourth-order valence-electron chi connectivity index (χ4n) is 1.95. The zero-order chi connectivity index (χ0) is 15.8.